The van der Waals surface area contributed by atoms with Crippen LogP contribution in [0.3, 0.4) is 0 Å². The van der Waals surface area contributed by atoms with Crippen LogP contribution in [0.4, 0.5) is 0 Å². The van der Waals surface area contributed by atoms with Gasteiger partial charge < -0.3 is 11.1 Å². The number of nitrogens with two attached hydrogens (primary N) is 1. The number of nitrogens with zero attached hydrogens (tertiary/aromatic N) is 2. The molecule has 1 aliphatic rings. The predicted octanol–water partition coefficient (Wildman–Crippen LogP) is 1.40. The molecule has 0 aromatic carbocycles. The second kappa shape index (κ2) is 5.37. The molecule has 4 nitrogen and oxygen atoms in total. The molecule has 0 radical (unpaired) electrons. The molecule has 1 saturated carbocycles. The summed E-state index contributed by atoms with van der Waals surface area (Å²) in [7, 11) is 0. The first-order valence-corrected chi connectivity index (χ1v) is 6.05. The molecule has 16 heavy (non-hydrogen) atoms. The number of nitrogens with one attached hydrogen (secondary N) is 1. The van der Waals surface area contributed by atoms with Crippen molar-refractivity contribution in [2.24, 2.45) is 5.73 Å². The van der Waals surface area contributed by atoms with Gasteiger partial charge in [0.1, 0.15) is 0 Å². The summed E-state index contributed by atoms with van der Waals surface area (Å²) in [6, 6.07) is 0.932. The summed E-state index contributed by atoms with van der Waals surface area (Å²) < 4.78 is 0. The van der Waals surface area contributed by atoms with E-state index in [0.29, 0.717) is 6.04 Å². The maximum atomic E-state index is 6.11. The zero-order chi connectivity index (χ0) is 11.4. The van der Waals surface area contributed by atoms with Gasteiger partial charge in [-0.1, -0.05) is 12.8 Å². The maximum absolute atomic E-state index is 6.11. The van der Waals surface area contributed by atoms with E-state index in [2.05, 4.69) is 22.2 Å². The lowest BCUT2D eigenvalue weighted by Gasteiger charge is -2.31. The highest BCUT2D eigenvalue weighted by Crippen LogP contribution is 2.19. The molecule has 4 heteroatoms. The summed E-state index contributed by atoms with van der Waals surface area (Å²) in [6.45, 7) is 2.12. The first-order valence-electron chi connectivity index (χ1n) is 6.05. The summed E-state index contributed by atoms with van der Waals surface area (Å²) in [5, 5.41) is 3.56. The van der Waals surface area contributed by atoms with Gasteiger partial charge in [0.15, 0.2) is 0 Å². The zero-order valence-corrected chi connectivity index (χ0v) is 9.76. The van der Waals surface area contributed by atoms with Crippen molar-refractivity contribution in [3.63, 3.8) is 0 Å². The third-order valence-electron chi connectivity index (χ3n) is 3.31. The molecule has 0 aliphatic heterocycles. The Morgan fingerprint density at radius 2 is 2.19 bits per heavy atom. The molecule has 3 N–H and O–H groups in total. The van der Waals surface area contributed by atoms with Crippen molar-refractivity contribution in [3.05, 3.63) is 24.3 Å². The Hall–Kier alpha value is -1.00. The lowest BCUT2D eigenvalue weighted by Crippen LogP contribution is -2.47. The molecule has 0 bridgehead atoms. The van der Waals surface area contributed by atoms with E-state index in [-0.39, 0.29) is 12.1 Å². The topological polar surface area (TPSA) is 63.8 Å². The molecule has 1 aliphatic carbocycles. The summed E-state index contributed by atoms with van der Waals surface area (Å²) in [5.74, 6) is 0. The van der Waals surface area contributed by atoms with Gasteiger partial charge in [0.05, 0.1) is 5.69 Å². The van der Waals surface area contributed by atoms with E-state index in [4.69, 9.17) is 5.73 Å². The van der Waals surface area contributed by atoms with Crippen LogP contribution in [0.15, 0.2) is 18.6 Å². The van der Waals surface area contributed by atoms with E-state index in [1.165, 1.54) is 19.3 Å². The van der Waals surface area contributed by atoms with E-state index in [1.54, 1.807) is 12.4 Å². The Morgan fingerprint density at radius 3 is 2.88 bits per heavy atom. The predicted molar refractivity (Wildman–Crippen MR) is 63.8 cm³/mol. The largest absolute Gasteiger partial charge is 0.326 e. The first-order chi connectivity index (χ1) is 7.77. The maximum Gasteiger partial charge on any atom is 0.0753 e. The summed E-state index contributed by atoms with van der Waals surface area (Å²) >= 11 is 0. The molecule has 1 aromatic rings. The van der Waals surface area contributed by atoms with Crippen molar-refractivity contribution in [1.29, 1.82) is 0 Å². The van der Waals surface area contributed by atoms with E-state index in [9.17, 15) is 0 Å². The smallest absolute Gasteiger partial charge is 0.0753 e. The highest BCUT2D eigenvalue weighted by molar-refractivity contribution is 5.02. The highest BCUT2D eigenvalue weighted by Gasteiger charge is 2.23. The molecule has 1 heterocycles. The second-order valence-corrected chi connectivity index (χ2v) is 4.57. The number of hydrogen-bond acceptors (Lipinski definition) is 4. The van der Waals surface area contributed by atoms with Crippen LogP contribution in [0.25, 0.3) is 0 Å². The monoisotopic (exact) mass is 220 g/mol. The van der Waals surface area contributed by atoms with Gasteiger partial charge in [0, 0.05) is 36.7 Å². The lowest BCUT2D eigenvalue weighted by atomic mass is 9.90. The molecule has 0 amide bonds. The van der Waals surface area contributed by atoms with E-state index < -0.39 is 0 Å². The van der Waals surface area contributed by atoms with Crippen LogP contribution in [0.2, 0.25) is 0 Å². The Morgan fingerprint density at radius 1 is 1.38 bits per heavy atom. The molecule has 0 saturated heterocycles. The van der Waals surface area contributed by atoms with Crippen LogP contribution >= 0.6 is 0 Å². The fraction of sp³-hybridized carbons (Fsp3) is 0.667. The molecule has 1 fully saturated rings. The van der Waals surface area contributed by atoms with Gasteiger partial charge in [0.25, 0.3) is 0 Å². The van der Waals surface area contributed by atoms with Crippen molar-refractivity contribution in [1.82, 2.24) is 15.3 Å². The molecular weight excluding hydrogens is 200 g/mol. The molecule has 2 rings (SSSR count). The fourth-order valence-corrected chi connectivity index (χ4v) is 2.31. The minimum absolute atomic E-state index is 0.225. The van der Waals surface area contributed by atoms with Crippen LogP contribution in [-0.2, 0) is 0 Å². The van der Waals surface area contributed by atoms with Crippen LogP contribution in [0, 0.1) is 0 Å². The van der Waals surface area contributed by atoms with Crippen molar-refractivity contribution >= 4 is 0 Å². The Kier molecular flexibility index (Phi) is 3.85. The summed E-state index contributed by atoms with van der Waals surface area (Å²) in [6.07, 6.45) is 10.1. The second-order valence-electron chi connectivity index (χ2n) is 4.57. The van der Waals surface area contributed by atoms with Crippen LogP contribution in [-0.4, -0.2) is 22.1 Å². The SMILES string of the molecule is C[C@H](N[C@@H]1CCCC[C@H]1N)c1cnccn1. The average Bonchev–Trinajstić information content (AvgIpc) is 2.33. The highest BCUT2D eigenvalue weighted by atomic mass is 15.0. The van der Waals surface area contributed by atoms with Crippen molar-refractivity contribution in [2.75, 3.05) is 0 Å². The van der Waals surface area contributed by atoms with Crippen molar-refractivity contribution in [2.45, 2.75) is 50.7 Å². The minimum atomic E-state index is 0.225. The molecule has 1 aromatic heterocycles. The third kappa shape index (κ3) is 2.77. The molecule has 3 atom stereocenters. The van der Waals surface area contributed by atoms with E-state index in [0.717, 1.165) is 12.1 Å². The molecular formula is C12H20N4. The normalized spacial score (nSPS) is 27.6. The van der Waals surface area contributed by atoms with Gasteiger partial charge in [-0.05, 0) is 19.8 Å². The van der Waals surface area contributed by atoms with Crippen LogP contribution < -0.4 is 11.1 Å². The van der Waals surface area contributed by atoms with Gasteiger partial charge in [0.2, 0.25) is 0 Å². The lowest BCUT2D eigenvalue weighted by molar-refractivity contribution is 0.305. The Bertz CT molecular complexity index is 314. The van der Waals surface area contributed by atoms with Gasteiger partial charge >= 0.3 is 0 Å². The van der Waals surface area contributed by atoms with Gasteiger partial charge in [-0.25, -0.2) is 0 Å². The van der Waals surface area contributed by atoms with Crippen LogP contribution in [0.1, 0.15) is 44.3 Å². The van der Waals surface area contributed by atoms with E-state index in [1.807, 2.05) is 6.20 Å². The first kappa shape index (κ1) is 11.5. The Balaban J connectivity index is 1.94. The quantitative estimate of drug-likeness (QED) is 0.808. The fourth-order valence-electron chi connectivity index (χ4n) is 2.31. The third-order valence-corrected chi connectivity index (χ3v) is 3.31. The zero-order valence-electron chi connectivity index (χ0n) is 9.76. The minimum Gasteiger partial charge on any atom is -0.326 e. The molecule has 0 unspecified atom stereocenters. The molecule has 0 spiro atoms. The van der Waals surface area contributed by atoms with E-state index >= 15 is 0 Å². The number of aromatic nitrogens is 2. The van der Waals surface area contributed by atoms with Crippen molar-refractivity contribution < 1.29 is 0 Å². The Labute approximate surface area is 96.7 Å². The molecule has 88 valence electrons. The standard InChI is InChI=1S/C12H20N4/c1-9(12-8-14-6-7-15-12)16-11-5-3-2-4-10(11)13/h6-11,16H,2-5,13H2,1H3/t9-,10+,11+/m0/s1. The van der Waals surface area contributed by atoms with Gasteiger partial charge in [-0.2, -0.15) is 0 Å². The van der Waals surface area contributed by atoms with Crippen LogP contribution in [0.5, 0.6) is 0 Å². The van der Waals surface area contributed by atoms with Gasteiger partial charge in [-0.15, -0.1) is 0 Å². The van der Waals surface area contributed by atoms with Gasteiger partial charge in [-0.3, -0.25) is 9.97 Å². The summed E-state index contributed by atoms with van der Waals surface area (Å²) in [4.78, 5) is 8.39. The number of hydrogen-bond donors (Lipinski definition) is 2. The average molecular weight is 220 g/mol. The number of rotatable bonds is 3. The summed E-state index contributed by atoms with van der Waals surface area (Å²) in [5.41, 5.74) is 7.09. The van der Waals surface area contributed by atoms with Crippen molar-refractivity contribution in [3.8, 4) is 0 Å².